The lowest BCUT2D eigenvalue weighted by Crippen LogP contribution is -2.33. The van der Waals surface area contributed by atoms with E-state index in [4.69, 9.17) is 4.74 Å². The van der Waals surface area contributed by atoms with E-state index in [0.29, 0.717) is 27.9 Å². The number of hydrogen-bond donors (Lipinski definition) is 3. The molecule has 4 rings (SSSR count). The van der Waals surface area contributed by atoms with Gasteiger partial charge in [-0.25, -0.2) is 9.97 Å². The third-order valence-corrected chi connectivity index (χ3v) is 4.98. The Hall–Kier alpha value is -2.92. The average molecular weight is 386 g/mol. The summed E-state index contributed by atoms with van der Waals surface area (Å²) in [5.74, 6) is 0. The van der Waals surface area contributed by atoms with Crippen LogP contribution in [0, 0.1) is 17.0 Å². The maximum absolute atomic E-state index is 11.5. The first kappa shape index (κ1) is 18.4. The van der Waals surface area contributed by atoms with Gasteiger partial charge in [0.1, 0.15) is 30.3 Å². The number of nitro groups is 1. The zero-order valence-electron chi connectivity index (χ0n) is 14.8. The topological polar surface area (TPSA) is 144 Å². The summed E-state index contributed by atoms with van der Waals surface area (Å²) in [4.78, 5) is 19.5. The van der Waals surface area contributed by atoms with Gasteiger partial charge in [0, 0.05) is 23.2 Å². The highest BCUT2D eigenvalue weighted by Gasteiger charge is 2.44. The Morgan fingerprint density at radius 2 is 1.96 bits per heavy atom. The van der Waals surface area contributed by atoms with Crippen LogP contribution in [0.4, 0.5) is 5.69 Å². The minimum atomic E-state index is -1.30. The Balaban J connectivity index is 1.95. The number of rotatable bonds is 4. The van der Waals surface area contributed by atoms with E-state index < -0.39 is 36.1 Å². The molecule has 10 nitrogen and oxygen atoms in total. The van der Waals surface area contributed by atoms with Crippen LogP contribution in [-0.4, -0.2) is 59.7 Å². The number of hydrogen-bond acceptors (Lipinski definition) is 8. The third kappa shape index (κ3) is 2.74. The highest BCUT2D eigenvalue weighted by Crippen LogP contribution is 2.40. The molecule has 0 unspecified atom stereocenters. The van der Waals surface area contributed by atoms with Crippen molar-refractivity contribution < 1.29 is 25.0 Å². The van der Waals surface area contributed by atoms with Crippen molar-refractivity contribution in [1.29, 1.82) is 0 Å². The number of para-hydroxylation sites is 1. The Morgan fingerprint density at radius 3 is 2.64 bits per heavy atom. The fraction of sp³-hybridized carbons (Fsp3) is 0.333. The van der Waals surface area contributed by atoms with Crippen LogP contribution in [0.5, 0.6) is 0 Å². The number of aliphatic hydroxyl groups excluding tert-OH is 3. The number of benzene rings is 1. The number of nitro benzene ring substituents is 1. The number of ether oxygens (including phenoxy) is 1. The second kappa shape index (κ2) is 6.91. The zero-order chi connectivity index (χ0) is 20.0. The minimum Gasteiger partial charge on any atom is -0.394 e. The Morgan fingerprint density at radius 1 is 1.21 bits per heavy atom. The van der Waals surface area contributed by atoms with E-state index in [1.165, 1.54) is 17.0 Å². The molecule has 1 aliphatic heterocycles. The number of aryl methyl sites for hydroxylation is 1. The summed E-state index contributed by atoms with van der Waals surface area (Å²) in [6, 6.07) is 6.30. The standard InChI is InChI=1S/C18H18N4O6/c1-9-14-11(10-4-2-3-5-12(10)22(26)27)6-21(17(14)20-8-19-9)18-16(25)15(24)13(7-23)28-18/h2-6,8,13,15-16,18,23-25H,7H2,1H3/t13-,15-,16-,18-/m1/s1. The minimum absolute atomic E-state index is 0.0778. The molecule has 0 saturated carbocycles. The van der Waals surface area contributed by atoms with E-state index in [-0.39, 0.29) is 5.69 Å². The van der Waals surface area contributed by atoms with Crippen LogP contribution in [0.25, 0.3) is 22.2 Å². The van der Waals surface area contributed by atoms with Crippen LogP contribution in [-0.2, 0) is 4.74 Å². The Kier molecular flexibility index (Phi) is 4.55. The van der Waals surface area contributed by atoms with Crippen LogP contribution < -0.4 is 0 Å². The second-order valence-electron chi connectivity index (χ2n) is 6.61. The van der Waals surface area contributed by atoms with Crippen molar-refractivity contribution in [2.75, 3.05) is 6.61 Å². The average Bonchev–Trinajstić information content (AvgIpc) is 3.21. The van der Waals surface area contributed by atoms with Crippen molar-refractivity contribution in [2.24, 2.45) is 0 Å². The largest absolute Gasteiger partial charge is 0.394 e. The number of nitrogens with zero attached hydrogens (tertiary/aromatic N) is 4. The van der Waals surface area contributed by atoms with E-state index in [1.54, 1.807) is 31.3 Å². The van der Waals surface area contributed by atoms with E-state index in [0.717, 1.165) is 0 Å². The maximum Gasteiger partial charge on any atom is 0.277 e. The highest BCUT2D eigenvalue weighted by molar-refractivity contribution is 5.98. The molecule has 3 aromatic rings. The molecule has 3 heterocycles. The normalized spacial score (nSPS) is 24.7. The number of aromatic nitrogens is 3. The second-order valence-corrected chi connectivity index (χ2v) is 6.61. The van der Waals surface area contributed by atoms with Gasteiger partial charge in [0.05, 0.1) is 22.8 Å². The van der Waals surface area contributed by atoms with Crippen LogP contribution in [0.15, 0.2) is 36.8 Å². The molecule has 4 atom stereocenters. The molecule has 0 aliphatic carbocycles. The molecule has 0 spiro atoms. The van der Waals surface area contributed by atoms with E-state index in [9.17, 15) is 25.4 Å². The molecule has 1 aliphatic rings. The molecule has 0 bridgehead atoms. The van der Waals surface area contributed by atoms with Gasteiger partial charge in [0.25, 0.3) is 5.69 Å². The van der Waals surface area contributed by atoms with Crippen LogP contribution >= 0.6 is 0 Å². The van der Waals surface area contributed by atoms with Crippen molar-refractivity contribution >= 4 is 16.7 Å². The van der Waals surface area contributed by atoms with Gasteiger partial charge >= 0.3 is 0 Å². The summed E-state index contributed by atoms with van der Waals surface area (Å²) in [7, 11) is 0. The molecule has 28 heavy (non-hydrogen) atoms. The smallest absolute Gasteiger partial charge is 0.277 e. The van der Waals surface area contributed by atoms with E-state index in [1.807, 2.05) is 0 Å². The first-order chi connectivity index (χ1) is 13.4. The Labute approximate surface area is 158 Å². The van der Waals surface area contributed by atoms with Crippen molar-refractivity contribution in [1.82, 2.24) is 14.5 Å². The Bertz CT molecular complexity index is 1050. The molecular weight excluding hydrogens is 368 g/mol. The quantitative estimate of drug-likeness (QED) is 0.444. The monoisotopic (exact) mass is 386 g/mol. The van der Waals surface area contributed by atoms with Crippen molar-refractivity contribution in [3.63, 3.8) is 0 Å². The van der Waals surface area contributed by atoms with Gasteiger partial charge in [-0.15, -0.1) is 0 Å². The molecule has 10 heteroatoms. The first-order valence-electron chi connectivity index (χ1n) is 8.62. The SMILES string of the molecule is Cc1ncnc2c1c(-c1ccccc1[N+](=O)[O-])cn2[C@@H]1O[C@H](CO)[C@@H](O)[C@H]1O. The molecular formula is C18H18N4O6. The molecule has 1 fully saturated rings. The van der Waals surface area contributed by atoms with Gasteiger partial charge < -0.3 is 24.6 Å². The lowest BCUT2D eigenvalue weighted by molar-refractivity contribution is -0.384. The summed E-state index contributed by atoms with van der Waals surface area (Å²) in [6.45, 7) is 1.29. The fourth-order valence-corrected chi connectivity index (χ4v) is 3.61. The fourth-order valence-electron chi connectivity index (χ4n) is 3.61. The summed E-state index contributed by atoms with van der Waals surface area (Å²) >= 11 is 0. The number of aliphatic hydroxyl groups is 3. The summed E-state index contributed by atoms with van der Waals surface area (Å²) in [5.41, 5.74) is 1.81. The van der Waals surface area contributed by atoms with Crippen molar-refractivity contribution in [3.05, 3.63) is 52.6 Å². The predicted octanol–water partition coefficient (Wildman–Crippen LogP) is 0.926. The predicted molar refractivity (Wildman–Crippen MR) is 97.4 cm³/mol. The van der Waals surface area contributed by atoms with Crippen LogP contribution in [0.2, 0.25) is 0 Å². The van der Waals surface area contributed by atoms with Crippen LogP contribution in [0.1, 0.15) is 11.9 Å². The molecule has 2 aromatic heterocycles. The van der Waals surface area contributed by atoms with Gasteiger partial charge in [-0.1, -0.05) is 12.1 Å². The summed E-state index contributed by atoms with van der Waals surface area (Å²) in [5, 5.41) is 41.9. The maximum atomic E-state index is 11.5. The first-order valence-corrected chi connectivity index (χ1v) is 8.62. The molecule has 0 radical (unpaired) electrons. The lowest BCUT2D eigenvalue weighted by Gasteiger charge is -2.17. The summed E-state index contributed by atoms with van der Waals surface area (Å²) in [6.07, 6.45) is -1.60. The van der Waals surface area contributed by atoms with Crippen LogP contribution in [0.3, 0.4) is 0 Å². The summed E-state index contributed by atoms with van der Waals surface area (Å²) < 4.78 is 7.13. The molecule has 146 valence electrons. The lowest BCUT2D eigenvalue weighted by atomic mass is 10.0. The molecule has 1 aromatic carbocycles. The van der Waals surface area contributed by atoms with E-state index >= 15 is 0 Å². The third-order valence-electron chi connectivity index (χ3n) is 4.98. The molecule has 1 saturated heterocycles. The van der Waals surface area contributed by atoms with Gasteiger partial charge in [0.2, 0.25) is 0 Å². The molecule has 3 N–H and O–H groups in total. The van der Waals surface area contributed by atoms with Gasteiger partial charge in [-0.3, -0.25) is 10.1 Å². The van der Waals surface area contributed by atoms with Gasteiger partial charge in [-0.05, 0) is 13.0 Å². The van der Waals surface area contributed by atoms with Gasteiger partial charge in [-0.2, -0.15) is 0 Å². The number of fused-ring (bicyclic) bond motifs is 1. The molecule has 0 amide bonds. The highest BCUT2D eigenvalue weighted by atomic mass is 16.6. The van der Waals surface area contributed by atoms with E-state index in [2.05, 4.69) is 9.97 Å². The zero-order valence-corrected chi connectivity index (χ0v) is 14.8. The van der Waals surface area contributed by atoms with Crippen molar-refractivity contribution in [3.8, 4) is 11.1 Å². The van der Waals surface area contributed by atoms with Gasteiger partial charge in [0.15, 0.2) is 6.23 Å². The van der Waals surface area contributed by atoms with Crippen molar-refractivity contribution in [2.45, 2.75) is 31.5 Å².